The first-order chi connectivity index (χ1) is 12.5. The summed E-state index contributed by atoms with van der Waals surface area (Å²) in [5.41, 5.74) is 8.26. The van der Waals surface area contributed by atoms with Crippen molar-refractivity contribution in [3.8, 4) is 5.88 Å². The molecule has 5 nitrogen and oxygen atoms in total. The molecule has 1 saturated heterocycles. The molecule has 2 heterocycles. The van der Waals surface area contributed by atoms with Crippen LogP contribution in [-0.4, -0.2) is 29.4 Å². The van der Waals surface area contributed by atoms with Gasteiger partial charge in [-0.25, -0.2) is 4.98 Å². The van der Waals surface area contributed by atoms with Crippen LogP contribution in [0.5, 0.6) is 5.88 Å². The van der Waals surface area contributed by atoms with E-state index < -0.39 is 12.1 Å². The van der Waals surface area contributed by atoms with Gasteiger partial charge in [0.2, 0.25) is 5.88 Å². The molecule has 1 aromatic carbocycles. The van der Waals surface area contributed by atoms with Crippen LogP contribution in [0.1, 0.15) is 41.8 Å². The van der Waals surface area contributed by atoms with E-state index in [1.54, 1.807) is 30.3 Å². The van der Waals surface area contributed by atoms with Crippen LogP contribution in [0.4, 0.5) is 0 Å². The largest absolute Gasteiger partial charge is 0.474 e. The first-order valence-corrected chi connectivity index (χ1v) is 9.32. The fourth-order valence-electron chi connectivity index (χ4n) is 2.99. The zero-order valence-electron chi connectivity index (χ0n) is 14.5. The van der Waals surface area contributed by atoms with E-state index in [9.17, 15) is 5.11 Å². The second-order valence-corrected chi connectivity index (χ2v) is 7.21. The first-order valence-electron chi connectivity index (χ1n) is 8.56. The van der Waals surface area contributed by atoms with Crippen LogP contribution in [0, 0.1) is 6.92 Å². The molecule has 0 spiro atoms. The van der Waals surface area contributed by atoms with Gasteiger partial charge in [-0.2, -0.15) is 0 Å². The summed E-state index contributed by atoms with van der Waals surface area (Å²) in [6.45, 7) is 3.24. The Morgan fingerprint density at radius 1 is 1.19 bits per heavy atom. The predicted molar refractivity (Wildman–Crippen MR) is 102 cm³/mol. The molecule has 7 heteroatoms. The number of hydrogen-bond acceptors (Lipinski definition) is 5. The van der Waals surface area contributed by atoms with Gasteiger partial charge >= 0.3 is 0 Å². The lowest BCUT2D eigenvalue weighted by Crippen LogP contribution is -2.26. The van der Waals surface area contributed by atoms with Crippen LogP contribution >= 0.6 is 23.2 Å². The second-order valence-electron chi connectivity index (χ2n) is 6.40. The van der Waals surface area contributed by atoms with Crippen molar-refractivity contribution in [1.82, 2.24) is 4.98 Å². The minimum atomic E-state index is -0.920. The summed E-state index contributed by atoms with van der Waals surface area (Å²) in [4.78, 5) is 4.47. The number of pyridine rings is 1. The number of nitrogens with zero attached hydrogens (tertiary/aromatic N) is 1. The molecular formula is C19H22Cl2N2O3. The Hall–Kier alpha value is -1.37. The van der Waals surface area contributed by atoms with Gasteiger partial charge in [0.25, 0.3) is 0 Å². The minimum Gasteiger partial charge on any atom is -0.474 e. The van der Waals surface area contributed by atoms with Crippen LogP contribution in [-0.2, 0) is 4.74 Å². The molecule has 1 aromatic heterocycles. The molecule has 0 aliphatic carbocycles. The lowest BCUT2D eigenvalue weighted by molar-refractivity contribution is 0.0236. The first kappa shape index (κ1) is 19.4. The lowest BCUT2D eigenvalue weighted by Gasteiger charge is -2.24. The monoisotopic (exact) mass is 396 g/mol. The van der Waals surface area contributed by atoms with Crippen molar-refractivity contribution in [2.45, 2.75) is 38.0 Å². The maximum atomic E-state index is 10.7. The molecule has 1 aliphatic rings. The maximum absolute atomic E-state index is 10.7. The van der Waals surface area contributed by atoms with E-state index in [1.165, 1.54) is 0 Å². The van der Waals surface area contributed by atoms with Gasteiger partial charge in [0.15, 0.2) is 0 Å². The zero-order chi connectivity index (χ0) is 18.7. The molecule has 2 atom stereocenters. The fraction of sp³-hybridized carbons (Fsp3) is 0.421. The van der Waals surface area contributed by atoms with Gasteiger partial charge in [-0.3, -0.25) is 0 Å². The predicted octanol–water partition coefficient (Wildman–Crippen LogP) is 3.99. The Bertz CT molecular complexity index is 766. The van der Waals surface area contributed by atoms with Crippen molar-refractivity contribution < 1.29 is 14.6 Å². The maximum Gasteiger partial charge on any atom is 0.213 e. The molecule has 2 unspecified atom stereocenters. The molecule has 3 rings (SSSR count). The van der Waals surface area contributed by atoms with E-state index in [2.05, 4.69) is 4.98 Å². The molecule has 0 saturated carbocycles. The summed E-state index contributed by atoms with van der Waals surface area (Å²) < 4.78 is 11.2. The normalized spacial score (nSPS) is 17.7. The van der Waals surface area contributed by atoms with Gasteiger partial charge in [-0.1, -0.05) is 29.3 Å². The van der Waals surface area contributed by atoms with Gasteiger partial charge in [-0.15, -0.1) is 0 Å². The Kier molecular flexibility index (Phi) is 6.37. The third-order valence-corrected chi connectivity index (χ3v) is 5.28. The number of hydrogen-bond donors (Lipinski definition) is 2. The SMILES string of the molecule is Cc1nc(OC2CCOCC2)ccc1C(O)C(N)c1ccc(Cl)c(Cl)c1. The quantitative estimate of drug-likeness (QED) is 0.798. The number of aryl methyl sites for hydroxylation is 1. The van der Waals surface area contributed by atoms with Crippen molar-refractivity contribution in [3.05, 3.63) is 57.2 Å². The number of halogens is 2. The minimum absolute atomic E-state index is 0.116. The van der Waals surface area contributed by atoms with Crippen molar-refractivity contribution in [3.63, 3.8) is 0 Å². The summed E-state index contributed by atoms with van der Waals surface area (Å²) in [6.07, 6.45) is 0.905. The van der Waals surface area contributed by atoms with Crippen LogP contribution in [0.3, 0.4) is 0 Å². The summed E-state index contributed by atoms with van der Waals surface area (Å²) >= 11 is 12.0. The zero-order valence-corrected chi connectivity index (χ0v) is 16.0. The third kappa shape index (κ3) is 4.48. The number of rotatable bonds is 5. The van der Waals surface area contributed by atoms with Gasteiger partial charge < -0.3 is 20.3 Å². The van der Waals surface area contributed by atoms with Crippen molar-refractivity contribution in [2.24, 2.45) is 5.73 Å². The summed E-state index contributed by atoms with van der Waals surface area (Å²) in [7, 11) is 0. The van der Waals surface area contributed by atoms with E-state index >= 15 is 0 Å². The smallest absolute Gasteiger partial charge is 0.213 e. The lowest BCUT2D eigenvalue weighted by atomic mass is 9.96. The molecular weight excluding hydrogens is 375 g/mol. The van der Waals surface area contributed by atoms with Gasteiger partial charge in [0.1, 0.15) is 6.10 Å². The Labute approximate surface area is 163 Å². The van der Waals surface area contributed by atoms with E-state index in [4.69, 9.17) is 38.4 Å². The molecule has 0 amide bonds. The molecule has 1 fully saturated rings. The average molecular weight is 397 g/mol. The number of benzene rings is 1. The Morgan fingerprint density at radius 3 is 2.58 bits per heavy atom. The molecule has 3 N–H and O–H groups in total. The number of aliphatic hydroxyl groups is 1. The second kappa shape index (κ2) is 8.55. The van der Waals surface area contributed by atoms with Crippen molar-refractivity contribution in [1.29, 1.82) is 0 Å². The molecule has 0 bridgehead atoms. The van der Waals surface area contributed by atoms with Crippen LogP contribution in [0.15, 0.2) is 30.3 Å². The third-order valence-electron chi connectivity index (χ3n) is 4.54. The Balaban J connectivity index is 1.74. The highest BCUT2D eigenvalue weighted by molar-refractivity contribution is 6.42. The topological polar surface area (TPSA) is 77.6 Å². The standard InChI is InChI=1S/C19H22Cl2N2O3/c1-11-14(3-5-17(23-11)26-13-6-8-25-9-7-13)19(24)18(22)12-2-4-15(20)16(21)10-12/h2-5,10,13,18-19,24H,6-9,22H2,1H3. The van der Waals surface area contributed by atoms with Gasteiger partial charge in [-0.05, 0) is 30.7 Å². The van der Waals surface area contributed by atoms with Crippen molar-refractivity contribution >= 4 is 23.2 Å². The number of nitrogens with two attached hydrogens (primary N) is 1. The number of ether oxygens (including phenoxy) is 2. The highest BCUT2D eigenvalue weighted by Gasteiger charge is 2.23. The molecule has 0 radical (unpaired) electrons. The van der Waals surface area contributed by atoms with Gasteiger partial charge in [0, 0.05) is 30.2 Å². The van der Waals surface area contributed by atoms with Crippen LogP contribution in [0.2, 0.25) is 10.0 Å². The molecule has 1 aliphatic heterocycles. The Morgan fingerprint density at radius 2 is 1.92 bits per heavy atom. The van der Waals surface area contributed by atoms with Gasteiger partial charge in [0.05, 0.1) is 35.4 Å². The van der Waals surface area contributed by atoms with E-state index in [1.807, 2.05) is 6.92 Å². The van der Waals surface area contributed by atoms with E-state index in [-0.39, 0.29) is 6.10 Å². The van der Waals surface area contributed by atoms with E-state index in [0.29, 0.717) is 46.0 Å². The summed E-state index contributed by atoms with van der Waals surface area (Å²) in [5.74, 6) is 0.549. The average Bonchev–Trinajstić information content (AvgIpc) is 2.64. The molecule has 2 aromatic rings. The number of aromatic nitrogens is 1. The highest BCUT2D eigenvalue weighted by atomic mass is 35.5. The van der Waals surface area contributed by atoms with Crippen molar-refractivity contribution in [2.75, 3.05) is 13.2 Å². The highest BCUT2D eigenvalue weighted by Crippen LogP contribution is 2.32. The van der Waals surface area contributed by atoms with Crippen LogP contribution in [0.25, 0.3) is 0 Å². The summed E-state index contributed by atoms with van der Waals surface area (Å²) in [5, 5.41) is 11.6. The number of aliphatic hydroxyl groups excluding tert-OH is 1. The molecule has 26 heavy (non-hydrogen) atoms. The fourth-order valence-corrected chi connectivity index (χ4v) is 3.29. The molecule has 140 valence electrons. The van der Waals surface area contributed by atoms with E-state index in [0.717, 1.165) is 12.8 Å². The summed E-state index contributed by atoms with van der Waals surface area (Å²) in [6, 6.07) is 8.02. The van der Waals surface area contributed by atoms with Crippen LogP contribution < -0.4 is 10.5 Å².